The van der Waals surface area contributed by atoms with Crippen molar-refractivity contribution in [3.8, 4) is 0 Å². The van der Waals surface area contributed by atoms with Gasteiger partial charge in [0.2, 0.25) is 11.9 Å². The van der Waals surface area contributed by atoms with E-state index in [0.29, 0.717) is 11.5 Å². The number of primary amides is 1. The number of hydrogen-bond donors (Lipinski definition) is 1. The third-order valence-electron chi connectivity index (χ3n) is 3.64. The Kier molecular flexibility index (Phi) is 3.23. The number of carbonyl (C=O) groups excluding carboxylic acids is 1. The van der Waals surface area contributed by atoms with Gasteiger partial charge in [0.1, 0.15) is 0 Å². The van der Waals surface area contributed by atoms with Gasteiger partial charge in [-0.2, -0.15) is 0 Å². The smallest absolute Gasteiger partial charge is 0.248 e. The Labute approximate surface area is 117 Å². The van der Waals surface area contributed by atoms with Crippen molar-refractivity contribution in [1.82, 2.24) is 14.9 Å². The predicted octanol–water partition coefficient (Wildman–Crippen LogP) is 0.480. The van der Waals surface area contributed by atoms with Gasteiger partial charge < -0.3 is 15.5 Å². The van der Waals surface area contributed by atoms with Gasteiger partial charge in [0.05, 0.1) is 5.52 Å². The minimum absolute atomic E-state index is 0.438. The van der Waals surface area contributed by atoms with Crippen LogP contribution in [0.2, 0.25) is 0 Å². The molecule has 6 nitrogen and oxygen atoms in total. The molecule has 1 saturated heterocycles. The van der Waals surface area contributed by atoms with Crippen LogP contribution in [0.25, 0.3) is 10.9 Å². The van der Waals surface area contributed by atoms with Crippen LogP contribution in [-0.2, 0) is 0 Å². The molecule has 20 heavy (non-hydrogen) atoms. The summed E-state index contributed by atoms with van der Waals surface area (Å²) >= 11 is 0. The molecule has 1 aliphatic rings. The summed E-state index contributed by atoms with van der Waals surface area (Å²) in [7, 11) is 2.11. The Morgan fingerprint density at radius 2 is 2.00 bits per heavy atom. The second kappa shape index (κ2) is 5.05. The number of benzene rings is 1. The van der Waals surface area contributed by atoms with Crippen LogP contribution in [0, 0.1) is 0 Å². The first-order valence-corrected chi connectivity index (χ1v) is 6.63. The minimum atomic E-state index is -0.438. The monoisotopic (exact) mass is 271 g/mol. The first-order chi connectivity index (χ1) is 9.63. The van der Waals surface area contributed by atoms with Crippen molar-refractivity contribution >= 4 is 22.8 Å². The highest BCUT2D eigenvalue weighted by Gasteiger charge is 2.16. The van der Waals surface area contributed by atoms with E-state index < -0.39 is 5.91 Å². The van der Waals surface area contributed by atoms with Crippen LogP contribution in [0.4, 0.5) is 5.95 Å². The van der Waals surface area contributed by atoms with Crippen LogP contribution in [0.5, 0.6) is 0 Å². The number of nitrogens with two attached hydrogens (primary N) is 1. The predicted molar refractivity (Wildman–Crippen MR) is 77.8 cm³/mol. The summed E-state index contributed by atoms with van der Waals surface area (Å²) in [6.07, 6.45) is 1.79. The molecule has 1 aromatic heterocycles. The lowest BCUT2D eigenvalue weighted by Gasteiger charge is -2.32. The molecule has 0 atom stereocenters. The number of amides is 1. The van der Waals surface area contributed by atoms with E-state index in [2.05, 4.69) is 26.8 Å². The molecule has 1 aliphatic heterocycles. The molecule has 1 fully saturated rings. The number of nitrogens with zero attached hydrogens (tertiary/aromatic N) is 4. The minimum Gasteiger partial charge on any atom is -0.366 e. The lowest BCUT2D eigenvalue weighted by atomic mass is 10.1. The molecule has 0 radical (unpaired) electrons. The summed E-state index contributed by atoms with van der Waals surface area (Å²) in [5.74, 6) is 0.277. The molecule has 0 bridgehead atoms. The van der Waals surface area contributed by atoms with Gasteiger partial charge in [-0.3, -0.25) is 4.79 Å². The average molecular weight is 271 g/mol. The van der Waals surface area contributed by atoms with Crippen molar-refractivity contribution in [3.63, 3.8) is 0 Å². The van der Waals surface area contributed by atoms with Gasteiger partial charge in [-0.25, -0.2) is 9.97 Å². The highest BCUT2D eigenvalue weighted by atomic mass is 16.1. The van der Waals surface area contributed by atoms with E-state index in [4.69, 9.17) is 5.73 Å². The number of likely N-dealkylation sites (N-methyl/N-ethyl adjacent to an activating group) is 1. The molecular formula is C14H17N5O. The zero-order chi connectivity index (χ0) is 14.1. The van der Waals surface area contributed by atoms with E-state index in [1.54, 1.807) is 18.3 Å². The Bertz CT molecular complexity index is 649. The van der Waals surface area contributed by atoms with E-state index in [-0.39, 0.29) is 0 Å². The van der Waals surface area contributed by atoms with E-state index >= 15 is 0 Å². The highest BCUT2D eigenvalue weighted by Crippen LogP contribution is 2.17. The molecule has 104 valence electrons. The van der Waals surface area contributed by atoms with Gasteiger partial charge in [0.15, 0.2) is 0 Å². The van der Waals surface area contributed by atoms with Gasteiger partial charge in [-0.1, -0.05) is 6.07 Å². The van der Waals surface area contributed by atoms with Crippen LogP contribution in [-0.4, -0.2) is 54.0 Å². The van der Waals surface area contributed by atoms with Gasteiger partial charge in [0.25, 0.3) is 0 Å². The maximum absolute atomic E-state index is 11.2. The Morgan fingerprint density at radius 3 is 2.70 bits per heavy atom. The molecule has 0 unspecified atom stereocenters. The van der Waals surface area contributed by atoms with E-state index in [0.717, 1.165) is 37.1 Å². The fourth-order valence-electron chi connectivity index (χ4n) is 2.33. The normalized spacial score (nSPS) is 16.6. The molecule has 2 N–H and O–H groups in total. The van der Waals surface area contributed by atoms with Gasteiger partial charge >= 0.3 is 0 Å². The molecule has 2 heterocycles. The molecule has 6 heteroatoms. The number of anilines is 1. The molecule has 0 saturated carbocycles. The largest absolute Gasteiger partial charge is 0.366 e. The standard InChI is InChI=1S/C14H17N5O/c1-18-4-6-19(7-5-18)14-16-9-11-3-2-10(13(15)20)8-12(11)17-14/h2-3,8-9H,4-7H2,1H3,(H2,15,20). The third-order valence-corrected chi connectivity index (χ3v) is 3.64. The zero-order valence-corrected chi connectivity index (χ0v) is 11.4. The molecular weight excluding hydrogens is 254 g/mol. The third kappa shape index (κ3) is 2.42. The van der Waals surface area contributed by atoms with Crippen molar-refractivity contribution in [1.29, 1.82) is 0 Å². The number of fused-ring (bicyclic) bond motifs is 1. The molecule has 3 rings (SSSR count). The van der Waals surface area contributed by atoms with Crippen molar-refractivity contribution in [2.75, 3.05) is 38.1 Å². The van der Waals surface area contributed by atoms with Gasteiger partial charge in [-0.05, 0) is 19.2 Å². The first kappa shape index (κ1) is 12.8. The Morgan fingerprint density at radius 1 is 1.25 bits per heavy atom. The summed E-state index contributed by atoms with van der Waals surface area (Å²) in [4.78, 5) is 24.6. The second-order valence-electron chi connectivity index (χ2n) is 5.10. The Balaban J connectivity index is 1.94. The second-order valence-corrected chi connectivity index (χ2v) is 5.10. The summed E-state index contributed by atoms with van der Waals surface area (Å²) < 4.78 is 0. The van der Waals surface area contributed by atoms with Crippen LogP contribution < -0.4 is 10.6 Å². The fraction of sp³-hybridized carbons (Fsp3) is 0.357. The van der Waals surface area contributed by atoms with Gasteiger partial charge in [0, 0.05) is 43.3 Å². The van der Waals surface area contributed by atoms with E-state index in [9.17, 15) is 4.79 Å². The van der Waals surface area contributed by atoms with Crippen molar-refractivity contribution in [2.45, 2.75) is 0 Å². The average Bonchev–Trinajstić information content (AvgIpc) is 2.47. The van der Waals surface area contributed by atoms with Crippen molar-refractivity contribution in [2.24, 2.45) is 5.73 Å². The molecule has 0 aliphatic carbocycles. The maximum Gasteiger partial charge on any atom is 0.248 e. The van der Waals surface area contributed by atoms with Crippen LogP contribution >= 0.6 is 0 Å². The molecule has 1 amide bonds. The number of aromatic nitrogens is 2. The SMILES string of the molecule is CN1CCN(c2ncc3ccc(C(N)=O)cc3n2)CC1. The fourth-order valence-corrected chi connectivity index (χ4v) is 2.33. The topological polar surface area (TPSA) is 75.3 Å². The van der Waals surface area contributed by atoms with Gasteiger partial charge in [-0.15, -0.1) is 0 Å². The van der Waals surface area contributed by atoms with E-state index in [1.165, 1.54) is 0 Å². The lowest BCUT2D eigenvalue weighted by Crippen LogP contribution is -2.45. The summed E-state index contributed by atoms with van der Waals surface area (Å²) in [5, 5.41) is 0.910. The quantitative estimate of drug-likeness (QED) is 0.860. The van der Waals surface area contributed by atoms with Crippen molar-refractivity contribution in [3.05, 3.63) is 30.0 Å². The summed E-state index contributed by atoms with van der Waals surface area (Å²) in [5.41, 5.74) is 6.53. The lowest BCUT2D eigenvalue weighted by molar-refractivity contribution is 0.100. The maximum atomic E-state index is 11.2. The van der Waals surface area contributed by atoms with Crippen LogP contribution in [0.15, 0.2) is 24.4 Å². The van der Waals surface area contributed by atoms with Crippen LogP contribution in [0.3, 0.4) is 0 Å². The molecule has 1 aromatic carbocycles. The number of piperazine rings is 1. The van der Waals surface area contributed by atoms with Crippen LogP contribution in [0.1, 0.15) is 10.4 Å². The number of rotatable bonds is 2. The summed E-state index contributed by atoms with van der Waals surface area (Å²) in [6.45, 7) is 3.83. The first-order valence-electron chi connectivity index (χ1n) is 6.63. The molecule has 2 aromatic rings. The van der Waals surface area contributed by atoms with E-state index in [1.807, 2.05) is 6.07 Å². The number of carbonyl (C=O) groups is 1. The molecule has 0 spiro atoms. The zero-order valence-electron chi connectivity index (χ0n) is 11.4. The highest BCUT2D eigenvalue weighted by molar-refractivity contribution is 5.96. The summed E-state index contributed by atoms with van der Waals surface area (Å²) in [6, 6.07) is 5.24. The Hall–Kier alpha value is -2.21. The van der Waals surface area contributed by atoms with Crippen molar-refractivity contribution < 1.29 is 4.79 Å². The number of hydrogen-bond acceptors (Lipinski definition) is 5.